The molecule has 1 aliphatic heterocycles. The molecule has 3 aromatic carbocycles. The van der Waals surface area contributed by atoms with E-state index in [4.69, 9.17) is 9.47 Å². The zero-order valence-corrected chi connectivity index (χ0v) is 21.9. The number of carboxylic acid groups (broad SMARTS) is 1. The van der Waals surface area contributed by atoms with Gasteiger partial charge in [-0.3, -0.25) is 4.79 Å². The zero-order chi connectivity index (χ0) is 25.7. The summed E-state index contributed by atoms with van der Waals surface area (Å²) >= 11 is 3.32. The van der Waals surface area contributed by atoms with E-state index >= 15 is 0 Å². The highest BCUT2D eigenvalue weighted by molar-refractivity contribution is 14.1. The Morgan fingerprint density at radius 2 is 1.94 bits per heavy atom. The Balaban J connectivity index is 1.55. The van der Waals surface area contributed by atoms with Crippen LogP contribution in [0.15, 0.2) is 70.6 Å². The summed E-state index contributed by atoms with van der Waals surface area (Å²) in [5, 5.41) is 12.3. The summed E-state index contributed by atoms with van der Waals surface area (Å²) in [6.07, 6.45) is 1.73. The molecule has 184 valence electrons. The molecule has 10 heteroatoms. The number of thioether (sulfide) groups is 1. The van der Waals surface area contributed by atoms with Crippen LogP contribution in [-0.4, -0.2) is 28.8 Å². The predicted octanol–water partition coefficient (Wildman–Crippen LogP) is 6.00. The van der Waals surface area contributed by atoms with Crippen molar-refractivity contribution in [3.8, 4) is 11.5 Å². The molecule has 1 aliphatic rings. The van der Waals surface area contributed by atoms with E-state index in [1.54, 1.807) is 30.3 Å². The molecule has 0 atom stereocenters. The van der Waals surface area contributed by atoms with Gasteiger partial charge in [0.1, 0.15) is 12.4 Å². The third kappa shape index (κ3) is 6.43. The van der Waals surface area contributed by atoms with Crippen LogP contribution >= 0.6 is 34.4 Å². The third-order valence-corrected chi connectivity index (χ3v) is 6.61. The predicted molar refractivity (Wildman–Crippen MR) is 145 cm³/mol. The number of halogens is 2. The Bertz CT molecular complexity index is 1380. The van der Waals surface area contributed by atoms with Gasteiger partial charge in [-0.2, -0.15) is 0 Å². The smallest absolute Gasteiger partial charge is 0.335 e. The number of carbonyl (C=O) groups is 2. The Hall–Kier alpha value is -3.38. The first-order chi connectivity index (χ1) is 17.3. The number of aliphatic imine (C=N–C) groups is 1. The van der Waals surface area contributed by atoms with Crippen LogP contribution in [0.2, 0.25) is 0 Å². The average Bonchev–Trinajstić information content (AvgIpc) is 3.18. The first kappa shape index (κ1) is 25.7. The second kappa shape index (κ2) is 11.6. The summed E-state index contributed by atoms with van der Waals surface area (Å²) in [4.78, 5) is 28.5. The fourth-order valence-electron chi connectivity index (χ4n) is 3.29. The van der Waals surface area contributed by atoms with E-state index in [2.05, 4.69) is 32.9 Å². The van der Waals surface area contributed by atoms with Crippen molar-refractivity contribution in [3.05, 3.63) is 91.6 Å². The fraction of sp³-hybridized carbons (Fsp3) is 0.115. The summed E-state index contributed by atoms with van der Waals surface area (Å²) in [5.74, 6) is -0.605. The monoisotopic (exact) mass is 618 g/mol. The van der Waals surface area contributed by atoms with E-state index in [1.807, 2.05) is 13.0 Å². The molecule has 0 saturated carbocycles. The van der Waals surface area contributed by atoms with Crippen molar-refractivity contribution in [1.29, 1.82) is 0 Å². The van der Waals surface area contributed by atoms with E-state index in [9.17, 15) is 19.1 Å². The van der Waals surface area contributed by atoms with Crippen LogP contribution in [0.1, 0.15) is 28.4 Å². The van der Waals surface area contributed by atoms with Crippen LogP contribution in [0.3, 0.4) is 0 Å². The van der Waals surface area contributed by atoms with Gasteiger partial charge >= 0.3 is 5.97 Å². The quantitative estimate of drug-likeness (QED) is 0.238. The average molecular weight is 618 g/mol. The van der Waals surface area contributed by atoms with Gasteiger partial charge in [0, 0.05) is 0 Å². The molecule has 7 nitrogen and oxygen atoms in total. The van der Waals surface area contributed by atoms with Gasteiger partial charge in [-0.15, -0.1) is 0 Å². The number of amidine groups is 1. The second-order valence-electron chi connectivity index (χ2n) is 7.52. The van der Waals surface area contributed by atoms with Crippen molar-refractivity contribution < 1.29 is 28.6 Å². The molecular weight excluding hydrogens is 598 g/mol. The number of nitrogens with zero attached hydrogens (tertiary/aromatic N) is 1. The van der Waals surface area contributed by atoms with E-state index in [1.165, 1.54) is 42.1 Å². The number of amides is 1. The highest BCUT2D eigenvalue weighted by atomic mass is 127. The molecule has 1 heterocycles. The molecule has 2 N–H and O–H groups in total. The maximum Gasteiger partial charge on any atom is 0.335 e. The minimum Gasteiger partial charge on any atom is -0.490 e. The summed E-state index contributed by atoms with van der Waals surface area (Å²) in [6.45, 7) is 2.43. The maximum atomic E-state index is 13.1. The number of carbonyl (C=O) groups excluding carboxylic acids is 1. The Morgan fingerprint density at radius 3 is 2.67 bits per heavy atom. The van der Waals surface area contributed by atoms with Crippen LogP contribution in [0, 0.1) is 9.39 Å². The van der Waals surface area contributed by atoms with Crippen molar-refractivity contribution >= 4 is 63.2 Å². The molecule has 36 heavy (non-hydrogen) atoms. The summed E-state index contributed by atoms with van der Waals surface area (Å²) < 4.78 is 25.7. The molecule has 1 saturated heterocycles. The van der Waals surface area contributed by atoms with Crippen molar-refractivity contribution in [1.82, 2.24) is 5.32 Å². The zero-order valence-electron chi connectivity index (χ0n) is 19.0. The van der Waals surface area contributed by atoms with E-state index < -0.39 is 5.97 Å². The van der Waals surface area contributed by atoms with Gasteiger partial charge in [-0.05, 0) is 107 Å². The van der Waals surface area contributed by atoms with Gasteiger partial charge in [0.25, 0.3) is 5.91 Å². The van der Waals surface area contributed by atoms with Crippen LogP contribution in [-0.2, 0) is 11.4 Å². The van der Waals surface area contributed by atoms with Crippen LogP contribution in [0.4, 0.5) is 10.1 Å². The third-order valence-electron chi connectivity index (χ3n) is 4.89. The maximum absolute atomic E-state index is 13.1. The molecule has 0 bridgehead atoms. The van der Waals surface area contributed by atoms with Crippen molar-refractivity contribution in [2.45, 2.75) is 13.5 Å². The van der Waals surface area contributed by atoms with E-state index in [-0.39, 0.29) is 23.9 Å². The summed E-state index contributed by atoms with van der Waals surface area (Å²) in [5.41, 5.74) is 2.17. The lowest BCUT2D eigenvalue weighted by atomic mass is 10.1. The lowest BCUT2D eigenvalue weighted by Gasteiger charge is -2.15. The van der Waals surface area contributed by atoms with Crippen LogP contribution in [0.5, 0.6) is 11.5 Å². The minimum absolute atomic E-state index is 0.166. The molecular formula is C26H20FIN2O5S. The van der Waals surface area contributed by atoms with Gasteiger partial charge in [0.05, 0.1) is 26.3 Å². The Labute approximate surface area is 224 Å². The number of benzene rings is 3. The van der Waals surface area contributed by atoms with E-state index in [0.29, 0.717) is 39.4 Å². The molecule has 0 radical (unpaired) electrons. The lowest BCUT2D eigenvalue weighted by Crippen LogP contribution is -2.19. The SMILES string of the molecule is CCOc1cc(/C=C2/SC(=Nc3ccc(F)cc3)NC2=O)cc(I)c1OCc1cccc(C(=O)O)c1. The molecule has 0 aromatic heterocycles. The molecule has 4 rings (SSSR count). The molecule has 1 amide bonds. The molecule has 1 fully saturated rings. The lowest BCUT2D eigenvalue weighted by molar-refractivity contribution is -0.115. The first-order valence-corrected chi connectivity index (χ1v) is 12.7. The van der Waals surface area contributed by atoms with E-state index in [0.717, 1.165) is 9.13 Å². The Morgan fingerprint density at radius 1 is 1.17 bits per heavy atom. The summed E-state index contributed by atoms with van der Waals surface area (Å²) in [6, 6.07) is 15.9. The highest BCUT2D eigenvalue weighted by Gasteiger charge is 2.24. The van der Waals surface area contributed by atoms with Crippen LogP contribution in [0.25, 0.3) is 6.08 Å². The number of hydrogen-bond acceptors (Lipinski definition) is 6. The second-order valence-corrected chi connectivity index (χ2v) is 9.71. The van der Waals surface area contributed by atoms with Gasteiger partial charge in [-0.1, -0.05) is 12.1 Å². The highest BCUT2D eigenvalue weighted by Crippen LogP contribution is 2.37. The molecule has 0 aliphatic carbocycles. The van der Waals surface area contributed by atoms with Gasteiger partial charge in [-0.25, -0.2) is 14.2 Å². The number of aromatic carboxylic acids is 1. The number of ether oxygens (including phenoxy) is 2. The van der Waals surface area contributed by atoms with Gasteiger partial charge in [0.2, 0.25) is 0 Å². The number of carboxylic acids is 1. The number of rotatable bonds is 8. The van der Waals surface area contributed by atoms with Crippen molar-refractivity contribution in [2.75, 3.05) is 6.61 Å². The van der Waals surface area contributed by atoms with Crippen LogP contribution < -0.4 is 14.8 Å². The molecule has 3 aromatic rings. The topological polar surface area (TPSA) is 97.2 Å². The molecule has 0 unspecified atom stereocenters. The normalized spacial score (nSPS) is 15.2. The number of nitrogens with one attached hydrogen (secondary N) is 1. The molecule has 0 spiro atoms. The first-order valence-electron chi connectivity index (χ1n) is 10.8. The fourth-order valence-corrected chi connectivity index (χ4v) is 4.91. The summed E-state index contributed by atoms with van der Waals surface area (Å²) in [7, 11) is 0. The van der Waals surface area contributed by atoms with Crippen molar-refractivity contribution in [3.63, 3.8) is 0 Å². The standard InChI is InChI=1S/C26H20FIN2O5S/c1-2-34-21-12-16(11-20(28)23(21)35-14-15-4-3-5-17(10-15)25(32)33)13-22-24(31)30-26(36-22)29-19-8-6-18(27)7-9-19/h3-13H,2,14H2,1H3,(H,32,33)(H,29,30,31)/b22-13+. The minimum atomic E-state index is -1.00. The van der Waals surface area contributed by atoms with Gasteiger partial charge in [0.15, 0.2) is 16.7 Å². The van der Waals surface area contributed by atoms with Gasteiger partial charge < -0.3 is 19.9 Å². The van der Waals surface area contributed by atoms with Crippen molar-refractivity contribution in [2.24, 2.45) is 4.99 Å². The Kier molecular flexibility index (Phi) is 8.26. The largest absolute Gasteiger partial charge is 0.490 e. The number of hydrogen-bond donors (Lipinski definition) is 2.